The number of aromatic nitrogens is 12. The predicted octanol–water partition coefficient (Wildman–Crippen LogP) is 35.4. The van der Waals surface area contributed by atoms with Gasteiger partial charge in [-0.1, -0.05) is 352 Å². The van der Waals surface area contributed by atoms with Gasteiger partial charge in [-0.25, -0.2) is 29.9 Å². The van der Waals surface area contributed by atoms with Gasteiger partial charge in [0.05, 0.1) is 99.8 Å². The number of nitrogens with zero attached hydrogens (tertiary/aromatic N) is 12. The number of benzene rings is 24. The highest BCUT2D eigenvalue weighted by molar-refractivity contribution is 6.27. The first-order valence-electron chi connectivity index (χ1n) is 51.0. The Kier molecular flexibility index (Phi) is 18.9. The Labute approximate surface area is 857 Å². The van der Waals surface area contributed by atoms with Gasteiger partial charge < -0.3 is 13.7 Å². The second-order valence-corrected chi connectivity index (χ2v) is 39.1. The molecule has 12 nitrogen and oxygen atoms in total. The summed E-state index contributed by atoms with van der Waals surface area (Å²) in [5.74, 6) is 2.00. The Balaban J connectivity index is 0.000000101. The van der Waals surface area contributed by atoms with Crippen molar-refractivity contribution in [2.24, 2.45) is 0 Å². The van der Waals surface area contributed by atoms with Crippen LogP contribution in [0.15, 0.2) is 510 Å². The number of hydrogen-bond donors (Lipinski definition) is 0. The van der Waals surface area contributed by atoms with Crippen LogP contribution >= 0.6 is 0 Å². The lowest BCUT2D eigenvalue weighted by molar-refractivity contribution is 1.01. The lowest BCUT2D eigenvalue weighted by Crippen LogP contribution is -2.03. The van der Waals surface area contributed by atoms with Gasteiger partial charge in [0.15, 0.2) is 0 Å². The van der Waals surface area contributed by atoms with E-state index in [9.17, 15) is 0 Å². The zero-order valence-electron chi connectivity index (χ0n) is 80.9. The van der Waals surface area contributed by atoms with Crippen LogP contribution in [-0.4, -0.2) is 57.3 Å². The van der Waals surface area contributed by atoms with Crippen molar-refractivity contribution in [1.29, 1.82) is 0 Å². The zero-order chi connectivity index (χ0) is 98.3. The quantitative estimate of drug-likeness (QED) is 0.142. The van der Waals surface area contributed by atoms with E-state index in [4.69, 9.17) is 29.9 Å². The summed E-state index contributed by atoms with van der Waals surface area (Å²) in [4.78, 5) is 32.0. The summed E-state index contributed by atoms with van der Waals surface area (Å²) >= 11 is 0. The minimum Gasteiger partial charge on any atom is -0.309 e. The molecule has 33 aromatic rings. The van der Waals surface area contributed by atoms with Crippen molar-refractivity contribution < 1.29 is 0 Å². The molecule has 0 saturated heterocycles. The fraction of sp³-hybridized carbons (Fsp3) is 0. The number of para-hydroxylation sites is 12. The number of rotatable bonds is 9. The fourth-order valence-electron chi connectivity index (χ4n) is 24.2. The molecular weight excluding hydrogens is 1830 g/mol. The summed E-state index contributed by atoms with van der Waals surface area (Å²) < 4.78 is 13.8. The third-order valence-corrected chi connectivity index (χ3v) is 30.8. The van der Waals surface area contributed by atoms with Crippen molar-refractivity contribution in [3.8, 4) is 68.7 Å². The Hall–Kier alpha value is -20.3. The maximum absolute atomic E-state index is 5.49. The smallest absolute Gasteiger partial charge is 0.235 e. The summed E-state index contributed by atoms with van der Waals surface area (Å²) in [6.07, 6.45) is 0. The van der Waals surface area contributed by atoms with Gasteiger partial charge >= 0.3 is 0 Å². The van der Waals surface area contributed by atoms with E-state index in [2.05, 4.69) is 537 Å². The fourth-order valence-corrected chi connectivity index (χ4v) is 24.2. The monoisotopic (exact) mass is 1910 g/mol. The normalized spacial score (nSPS) is 12.0. The molecule has 0 bridgehead atoms. The third kappa shape index (κ3) is 13.1. The van der Waals surface area contributed by atoms with Crippen LogP contribution in [0, 0.1) is 0 Å². The van der Waals surface area contributed by atoms with E-state index in [1.807, 2.05) is 0 Å². The first kappa shape index (κ1) is 84.2. The Bertz CT molecular complexity index is 11400. The maximum Gasteiger partial charge on any atom is 0.235 e. The molecule has 33 rings (SSSR count). The van der Waals surface area contributed by atoms with E-state index in [0.717, 1.165) is 117 Å². The predicted molar refractivity (Wildman–Crippen MR) is 626 cm³/mol. The second-order valence-electron chi connectivity index (χ2n) is 39.1. The molecule has 9 aromatic heterocycles. The van der Waals surface area contributed by atoms with E-state index in [0.29, 0.717) is 17.8 Å². The highest BCUT2D eigenvalue weighted by atomic mass is 15.2. The van der Waals surface area contributed by atoms with Crippen LogP contribution in [0.4, 0.5) is 0 Å². The lowest BCUT2D eigenvalue weighted by atomic mass is 9.96. The molecule has 0 aliphatic rings. The largest absolute Gasteiger partial charge is 0.309 e. The highest BCUT2D eigenvalue weighted by Crippen LogP contribution is 2.48. The standard InChI is InChI=1S/3C46H28N4/c1-2-15-31(16-3-1)49-41-24-11-8-19-37(41)44-34-20-12-21-35(32(34)25-26-42(44)49)45-36-18-6-9-22-39(36)47-46(48-45)50-40-23-10-7-17-33(40)38-27-29-13-4-5-14-30(29)28-43(38)50;1-2-14-33(15-3-1)49-41-21-11-8-18-37(41)44-34-24-22-32(26-31(34)23-25-42(44)49)45-36-17-6-9-19-39(36)47-46(48-45)50-40-20-10-7-16-35(40)38-27-29-12-4-5-13-30(29)28-43(38)50;1-2-14-33(15-3-1)49-41-21-11-8-18-36(41)44-37-27-32(23-22-29(37)24-25-42(44)49)45-35-17-6-9-19-39(35)47-46(48-45)50-40-20-10-7-16-34(40)38-26-30-12-4-5-13-31(30)28-43(38)50/h3*1-28H. The molecule has 12 heteroatoms. The van der Waals surface area contributed by atoms with E-state index in [1.165, 1.54) is 162 Å². The van der Waals surface area contributed by atoms with Crippen LogP contribution in [0.25, 0.3) is 297 Å². The molecule has 0 aliphatic heterocycles. The van der Waals surface area contributed by atoms with Gasteiger partial charge in [-0.2, -0.15) is 0 Å². The molecule has 0 fully saturated rings. The van der Waals surface area contributed by atoms with Crippen molar-refractivity contribution in [2.75, 3.05) is 0 Å². The molecule has 0 unspecified atom stereocenters. The topological polar surface area (TPSA) is 107 Å². The van der Waals surface area contributed by atoms with E-state index in [1.54, 1.807) is 0 Å². The third-order valence-electron chi connectivity index (χ3n) is 30.8. The maximum atomic E-state index is 5.49. The molecule has 696 valence electrons. The first-order chi connectivity index (χ1) is 74.4. The van der Waals surface area contributed by atoms with Crippen molar-refractivity contribution in [3.63, 3.8) is 0 Å². The van der Waals surface area contributed by atoms with Crippen molar-refractivity contribution in [3.05, 3.63) is 510 Å². The van der Waals surface area contributed by atoms with E-state index < -0.39 is 0 Å². The summed E-state index contributed by atoms with van der Waals surface area (Å²) in [6.45, 7) is 0. The Morgan fingerprint density at radius 3 is 0.827 bits per heavy atom. The molecule has 9 heterocycles. The average Bonchev–Trinajstić information content (AvgIpc) is 1.54. The molecule has 0 radical (unpaired) electrons. The highest BCUT2D eigenvalue weighted by Gasteiger charge is 2.28. The lowest BCUT2D eigenvalue weighted by Gasteiger charge is -2.14. The van der Waals surface area contributed by atoms with E-state index in [-0.39, 0.29) is 0 Å². The molecule has 0 N–H and O–H groups in total. The average molecular weight is 1910 g/mol. The van der Waals surface area contributed by atoms with Gasteiger partial charge in [0.25, 0.3) is 0 Å². The van der Waals surface area contributed by atoms with Crippen molar-refractivity contribution in [2.45, 2.75) is 0 Å². The molecule has 0 amide bonds. The molecule has 150 heavy (non-hydrogen) atoms. The minimum atomic E-state index is 0.666. The van der Waals surface area contributed by atoms with Crippen LogP contribution < -0.4 is 0 Å². The summed E-state index contributed by atoms with van der Waals surface area (Å²) in [5, 5.41) is 32.1. The molecule has 0 spiro atoms. The molecule has 0 atom stereocenters. The minimum absolute atomic E-state index is 0.666. The molecular formula is C138H84N12. The van der Waals surface area contributed by atoms with Gasteiger partial charge in [0.1, 0.15) is 0 Å². The van der Waals surface area contributed by atoms with Gasteiger partial charge in [0.2, 0.25) is 17.8 Å². The molecule has 0 aliphatic carbocycles. The second kappa shape index (κ2) is 33.6. The van der Waals surface area contributed by atoms with Gasteiger partial charge in [-0.15, -0.1) is 0 Å². The SMILES string of the molecule is c1ccc(-n2c3ccccc3c3c4cc(-c5nc(-n6c7ccccc7c7cc8ccccc8cc76)nc6ccccc56)ccc4ccc32)cc1.c1ccc(-n2c3ccccc3c3c4ccc(-c5nc(-n6c7ccccc7c7cc8ccccc8cc76)nc6ccccc56)cc4ccc32)cc1.c1ccc(-n2c3ccccc3c3c4cccc(-c5nc(-n6c7ccccc7c7cc8ccccc8cc76)nc6ccccc56)c4ccc32)cc1. The van der Waals surface area contributed by atoms with E-state index >= 15 is 0 Å². The molecule has 0 saturated carbocycles. The van der Waals surface area contributed by atoms with Crippen LogP contribution in [0.3, 0.4) is 0 Å². The van der Waals surface area contributed by atoms with Crippen molar-refractivity contribution in [1.82, 2.24) is 57.3 Å². The summed E-state index contributed by atoms with van der Waals surface area (Å²) in [7, 11) is 0. The number of hydrogen-bond acceptors (Lipinski definition) is 6. The molecule has 24 aromatic carbocycles. The first-order valence-corrected chi connectivity index (χ1v) is 51.0. The van der Waals surface area contributed by atoms with Gasteiger partial charge in [-0.05, 0) is 222 Å². The number of fused-ring (bicyclic) bond motifs is 30. The summed E-state index contributed by atoms with van der Waals surface area (Å²) in [6, 6.07) is 182. The Morgan fingerprint density at radius 1 is 0.127 bits per heavy atom. The van der Waals surface area contributed by atoms with Crippen LogP contribution in [0.2, 0.25) is 0 Å². The van der Waals surface area contributed by atoms with Crippen LogP contribution in [0.5, 0.6) is 0 Å². The van der Waals surface area contributed by atoms with Gasteiger partial charge in [0, 0.05) is 115 Å². The summed E-state index contributed by atoms with van der Waals surface area (Å²) in [5.41, 5.74) is 25.9. The van der Waals surface area contributed by atoms with Crippen LogP contribution in [0.1, 0.15) is 0 Å². The zero-order valence-corrected chi connectivity index (χ0v) is 80.9. The van der Waals surface area contributed by atoms with Crippen molar-refractivity contribution >= 4 is 228 Å². The van der Waals surface area contributed by atoms with Crippen LogP contribution in [-0.2, 0) is 0 Å². The van der Waals surface area contributed by atoms with Gasteiger partial charge in [-0.3, -0.25) is 13.7 Å². The Morgan fingerprint density at radius 2 is 0.413 bits per heavy atom.